The lowest BCUT2D eigenvalue weighted by atomic mass is 10.2. The highest BCUT2D eigenvalue weighted by Gasteiger charge is 2.13. The number of methoxy groups -OCH3 is 1. The Morgan fingerprint density at radius 2 is 1.95 bits per heavy atom. The second-order valence-corrected chi connectivity index (χ2v) is 5.36. The summed E-state index contributed by atoms with van der Waals surface area (Å²) in [5.74, 6) is 0.867. The summed E-state index contributed by atoms with van der Waals surface area (Å²) < 4.78 is 5.18. The molecule has 0 spiro atoms. The highest BCUT2D eigenvalue weighted by molar-refractivity contribution is 5.92. The van der Waals surface area contributed by atoms with Gasteiger partial charge in [0.2, 0.25) is 11.8 Å². The van der Waals surface area contributed by atoms with Gasteiger partial charge in [-0.25, -0.2) is 0 Å². The fourth-order valence-corrected chi connectivity index (χ4v) is 2.02. The van der Waals surface area contributed by atoms with Crippen LogP contribution < -0.4 is 10.1 Å². The molecule has 0 fully saturated rings. The number of amides is 2. The zero-order chi connectivity index (χ0) is 15.8. The molecule has 5 nitrogen and oxygen atoms in total. The molecule has 0 aliphatic rings. The Balaban J connectivity index is 2.55. The molecule has 21 heavy (non-hydrogen) atoms. The van der Waals surface area contributed by atoms with E-state index in [2.05, 4.69) is 5.32 Å². The van der Waals surface area contributed by atoms with Gasteiger partial charge in [0.15, 0.2) is 0 Å². The Hall–Kier alpha value is -2.04. The van der Waals surface area contributed by atoms with Gasteiger partial charge in [-0.15, -0.1) is 0 Å². The monoisotopic (exact) mass is 292 g/mol. The van der Waals surface area contributed by atoms with Crippen LogP contribution in [0, 0.1) is 5.92 Å². The van der Waals surface area contributed by atoms with E-state index in [1.165, 1.54) is 6.92 Å². The summed E-state index contributed by atoms with van der Waals surface area (Å²) in [5, 5.41) is 2.81. The second kappa shape index (κ2) is 8.29. The average molecular weight is 292 g/mol. The number of ether oxygens (including phenoxy) is 1. The molecule has 0 aromatic heterocycles. The third-order valence-corrected chi connectivity index (χ3v) is 3.02. The van der Waals surface area contributed by atoms with Gasteiger partial charge in [0.25, 0.3) is 0 Å². The van der Waals surface area contributed by atoms with Crippen LogP contribution in [-0.2, 0) is 9.59 Å². The number of hydrogen-bond acceptors (Lipinski definition) is 3. The zero-order valence-electron chi connectivity index (χ0n) is 13.2. The summed E-state index contributed by atoms with van der Waals surface area (Å²) >= 11 is 0. The van der Waals surface area contributed by atoms with Crippen molar-refractivity contribution < 1.29 is 14.3 Å². The molecule has 1 N–H and O–H groups in total. The molecule has 1 aromatic rings. The maximum absolute atomic E-state index is 12.0. The van der Waals surface area contributed by atoms with Gasteiger partial charge in [-0.2, -0.15) is 0 Å². The standard InChI is InChI=1S/C16H24N2O3/c1-12(2)11-18(13(3)19)10-9-16(20)17-14-7-5-6-8-15(14)21-4/h5-8,12H,9-11H2,1-4H3,(H,17,20). The van der Waals surface area contributed by atoms with E-state index in [0.717, 1.165) is 0 Å². The van der Waals surface area contributed by atoms with Crippen LogP contribution in [0.1, 0.15) is 27.2 Å². The summed E-state index contributed by atoms with van der Waals surface area (Å²) in [7, 11) is 1.56. The number of nitrogens with one attached hydrogen (secondary N) is 1. The van der Waals surface area contributed by atoms with Crippen LogP contribution >= 0.6 is 0 Å². The number of benzene rings is 1. The Bertz CT molecular complexity index is 486. The summed E-state index contributed by atoms with van der Waals surface area (Å²) in [6.45, 7) is 6.71. The molecule has 0 heterocycles. The molecular weight excluding hydrogens is 268 g/mol. The molecule has 0 atom stereocenters. The van der Waals surface area contributed by atoms with E-state index in [1.54, 1.807) is 24.1 Å². The number of rotatable bonds is 7. The van der Waals surface area contributed by atoms with Gasteiger partial charge in [0, 0.05) is 26.4 Å². The van der Waals surface area contributed by atoms with Gasteiger partial charge in [0.05, 0.1) is 12.8 Å². The Morgan fingerprint density at radius 3 is 2.52 bits per heavy atom. The van der Waals surface area contributed by atoms with Crippen molar-refractivity contribution in [1.82, 2.24) is 4.90 Å². The first kappa shape index (κ1) is 17.0. The van der Waals surface area contributed by atoms with Crippen molar-refractivity contribution in [1.29, 1.82) is 0 Å². The molecule has 0 saturated heterocycles. The fourth-order valence-electron chi connectivity index (χ4n) is 2.02. The summed E-state index contributed by atoms with van der Waals surface area (Å²) in [4.78, 5) is 25.2. The highest BCUT2D eigenvalue weighted by atomic mass is 16.5. The lowest BCUT2D eigenvalue weighted by Gasteiger charge is -2.22. The first-order chi connectivity index (χ1) is 9.93. The van der Waals surface area contributed by atoms with Crippen molar-refractivity contribution in [3.05, 3.63) is 24.3 Å². The van der Waals surface area contributed by atoms with E-state index in [1.807, 2.05) is 26.0 Å². The maximum Gasteiger partial charge on any atom is 0.226 e. The van der Waals surface area contributed by atoms with E-state index in [0.29, 0.717) is 30.4 Å². The van der Waals surface area contributed by atoms with Gasteiger partial charge < -0.3 is 15.0 Å². The van der Waals surface area contributed by atoms with Crippen LogP contribution in [-0.4, -0.2) is 36.9 Å². The number of carbonyl (C=O) groups excluding carboxylic acids is 2. The van der Waals surface area contributed by atoms with E-state index < -0.39 is 0 Å². The molecule has 5 heteroatoms. The SMILES string of the molecule is COc1ccccc1NC(=O)CCN(CC(C)C)C(C)=O. The topological polar surface area (TPSA) is 58.6 Å². The highest BCUT2D eigenvalue weighted by Crippen LogP contribution is 2.23. The first-order valence-electron chi connectivity index (χ1n) is 7.12. The third kappa shape index (κ3) is 5.85. The zero-order valence-corrected chi connectivity index (χ0v) is 13.2. The second-order valence-electron chi connectivity index (χ2n) is 5.36. The molecule has 116 valence electrons. The number of anilines is 1. The van der Waals surface area contributed by atoms with Crippen molar-refractivity contribution >= 4 is 17.5 Å². The van der Waals surface area contributed by atoms with Crippen molar-refractivity contribution in [3.8, 4) is 5.75 Å². The van der Waals surface area contributed by atoms with Gasteiger partial charge in [-0.05, 0) is 18.1 Å². The predicted octanol–water partition coefficient (Wildman–Crippen LogP) is 2.53. The van der Waals surface area contributed by atoms with Crippen molar-refractivity contribution in [2.45, 2.75) is 27.2 Å². The Morgan fingerprint density at radius 1 is 1.29 bits per heavy atom. The number of hydrogen-bond donors (Lipinski definition) is 1. The lowest BCUT2D eigenvalue weighted by molar-refractivity contribution is -0.129. The lowest BCUT2D eigenvalue weighted by Crippen LogP contribution is -2.34. The molecule has 2 amide bonds. The van der Waals surface area contributed by atoms with Crippen molar-refractivity contribution in [3.63, 3.8) is 0 Å². The van der Waals surface area contributed by atoms with Crippen LogP contribution in [0.3, 0.4) is 0 Å². The van der Waals surface area contributed by atoms with E-state index in [-0.39, 0.29) is 18.2 Å². The number of nitrogens with zero attached hydrogens (tertiary/aromatic N) is 1. The molecule has 0 radical (unpaired) electrons. The summed E-state index contributed by atoms with van der Waals surface area (Å²) in [6.07, 6.45) is 0.268. The normalized spacial score (nSPS) is 10.3. The minimum Gasteiger partial charge on any atom is -0.495 e. The molecular formula is C16H24N2O3. The number of carbonyl (C=O) groups is 2. The molecule has 0 bridgehead atoms. The van der Waals surface area contributed by atoms with Crippen LogP contribution in [0.4, 0.5) is 5.69 Å². The summed E-state index contributed by atoms with van der Waals surface area (Å²) in [5.41, 5.74) is 0.642. The summed E-state index contributed by atoms with van der Waals surface area (Å²) in [6, 6.07) is 7.25. The molecule has 0 saturated carbocycles. The molecule has 1 rings (SSSR count). The third-order valence-electron chi connectivity index (χ3n) is 3.02. The average Bonchev–Trinajstić information content (AvgIpc) is 2.43. The predicted molar refractivity (Wildman–Crippen MR) is 83.3 cm³/mol. The van der Waals surface area contributed by atoms with Crippen LogP contribution in [0.2, 0.25) is 0 Å². The van der Waals surface area contributed by atoms with Crippen LogP contribution in [0.5, 0.6) is 5.75 Å². The fraction of sp³-hybridized carbons (Fsp3) is 0.500. The largest absolute Gasteiger partial charge is 0.495 e. The minimum absolute atomic E-state index is 0.00575. The molecule has 0 aliphatic carbocycles. The van der Waals surface area contributed by atoms with Crippen molar-refractivity contribution in [2.24, 2.45) is 5.92 Å². The van der Waals surface area contributed by atoms with Gasteiger partial charge in [-0.3, -0.25) is 9.59 Å². The van der Waals surface area contributed by atoms with Gasteiger partial charge in [0.1, 0.15) is 5.75 Å². The molecule has 0 aliphatic heterocycles. The molecule has 1 aromatic carbocycles. The smallest absolute Gasteiger partial charge is 0.226 e. The minimum atomic E-state index is -0.130. The van der Waals surface area contributed by atoms with E-state index in [9.17, 15) is 9.59 Å². The quantitative estimate of drug-likeness (QED) is 0.840. The van der Waals surface area contributed by atoms with Crippen LogP contribution in [0.25, 0.3) is 0 Å². The molecule has 0 unspecified atom stereocenters. The van der Waals surface area contributed by atoms with Gasteiger partial charge >= 0.3 is 0 Å². The first-order valence-corrected chi connectivity index (χ1v) is 7.12. The van der Waals surface area contributed by atoms with Crippen molar-refractivity contribution in [2.75, 3.05) is 25.5 Å². The maximum atomic E-state index is 12.0. The van der Waals surface area contributed by atoms with E-state index >= 15 is 0 Å². The Labute approximate surface area is 126 Å². The van der Waals surface area contributed by atoms with E-state index in [4.69, 9.17) is 4.74 Å². The Kier molecular flexibility index (Phi) is 6.72. The van der Waals surface area contributed by atoms with Crippen LogP contribution in [0.15, 0.2) is 24.3 Å². The number of para-hydroxylation sites is 2. The van der Waals surface area contributed by atoms with Gasteiger partial charge in [-0.1, -0.05) is 26.0 Å².